The van der Waals surface area contributed by atoms with Crippen molar-refractivity contribution in [3.8, 4) is 5.75 Å². The third-order valence-electron chi connectivity index (χ3n) is 3.40. The van der Waals surface area contributed by atoms with E-state index in [0.717, 1.165) is 25.1 Å². The van der Waals surface area contributed by atoms with Gasteiger partial charge in [-0.05, 0) is 37.5 Å². The van der Waals surface area contributed by atoms with E-state index in [2.05, 4.69) is 0 Å². The van der Waals surface area contributed by atoms with Crippen LogP contribution in [-0.2, 0) is 11.2 Å². The van der Waals surface area contributed by atoms with Gasteiger partial charge in [0.2, 0.25) is 5.91 Å². The summed E-state index contributed by atoms with van der Waals surface area (Å²) < 4.78 is 5.12. The highest BCUT2D eigenvalue weighted by Gasteiger charge is 2.33. The topological polar surface area (TPSA) is 29.5 Å². The Balaban J connectivity index is 1.95. The molecule has 2 rings (SSSR count). The summed E-state index contributed by atoms with van der Waals surface area (Å²) >= 11 is 5.84. The molecule has 1 heterocycles. The van der Waals surface area contributed by atoms with E-state index in [1.807, 2.05) is 29.2 Å². The summed E-state index contributed by atoms with van der Waals surface area (Å²) in [5, 5.41) is -0.427. The number of hydrogen-bond donors (Lipinski definition) is 0. The molecule has 2 unspecified atom stereocenters. The summed E-state index contributed by atoms with van der Waals surface area (Å²) in [6.07, 6.45) is 1.95. The molecule has 0 aliphatic carbocycles. The highest BCUT2D eigenvalue weighted by molar-refractivity contribution is 6.30. The van der Waals surface area contributed by atoms with Gasteiger partial charge in [0, 0.05) is 12.6 Å². The molecule has 98 valence electrons. The summed E-state index contributed by atoms with van der Waals surface area (Å²) in [4.78, 5) is 13.7. The molecule has 0 radical (unpaired) electrons. The minimum atomic E-state index is -0.427. The van der Waals surface area contributed by atoms with Crippen molar-refractivity contribution in [2.45, 2.75) is 31.2 Å². The van der Waals surface area contributed by atoms with E-state index in [-0.39, 0.29) is 5.91 Å². The second kappa shape index (κ2) is 5.61. The molecule has 1 saturated heterocycles. The Morgan fingerprint density at radius 1 is 1.50 bits per heavy atom. The number of carbonyl (C=O) groups is 1. The zero-order valence-corrected chi connectivity index (χ0v) is 11.5. The minimum absolute atomic E-state index is 0.0430. The lowest BCUT2D eigenvalue weighted by Gasteiger charge is -2.42. The lowest BCUT2D eigenvalue weighted by molar-refractivity contribution is -0.138. The average molecular weight is 268 g/mol. The molecule has 1 aromatic rings. The fourth-order valence-corrected chi connectivity index (χ4v) is 2.33. The Bertz CT molecular complexity index is 416. The average Bonchev–Trinajstić information content (AvgIpc) is 2.35. The van der Waals surface area contributed by atoms with Gasteiger partial charge in [-0.2, -0.15) is 0 Å². The predicted molar refractivity (Wildman–Crippen MR) is 72.1 cm³/mol. The van der Waals surface area contributed by atoms with E-state index in [1.54, 1.807) is 14.0 Å². The fourth-order valence-electron chi connectivity index (χ4n) is 2.21. The van der Waals surface area contributed by atoms with Gasteiger partial charge in [0.1, 0.15) is 11.1 Å². The molecule has 2 atom stereocenters. The molecule has 0 aromatic heterocycles. The molecule has 18 heavy (non-hydrogen) atoms. The molecule has 0 bridgehead atoms. The first kappa shape index (κ1) is 13.2. The number of benzene rings is 1. The summed E-state index contributed by atoms with van der Waals surface area (Å²) in [7, 11) is 1.66. The van der Waals surface area contributed by atoms with Gasteiger partial charge in [0.05, 0.1) is 7.11 Å². The van der Waals surface area contributed by atoms with Crippen molar-refractivity contribution in [3.63, 3.8) is 0 Å². The van der Waals surface area contributed by atoms with E-state index < -0.39 is 5.38 Å². The maximum absolute atomic E-state index is 11.8. The Labute approximate surface area is 113 Å². The van der Waals surface area contributed by atoms with Gasteiger partial charge in [-0.15, -0.1) is 11.6 Å². The van der Waals surface area contributed by atoms with E-state index in [1.165, 1.54) is 5.56 Å². The smallest absolute Gasteiger partial charge is 0.240 e. The van der Waals surface area contributed by atoms with Crippen molar-refractivity contribution in [2.75, 3.05) is 13.7 Å². The maximum Gasteiger partial charge on any atom is 0.240 e. The molecule has 0 spiro atoms. The molecule has 1 aliphatic rings. The zero-order valence-electron chi connectivity index (χ0n) is 10.7. The van der Waals surface area contributed by atoms with Crippen molar-refractivity contribution in [1.29, 1.82) is 0 Å². The van der Waals surface area contributed by atoms with E-state index >= 15 is 0 Å². The molecule has 1 aromatic carbocycles. The first-order valence-corrected chi connectivity index (χ1v) is 6.63. The van der Waals surface area contributed by atoms with Crippen LogP contribution in [0.1, 0.15) is 18.9 Å². The number of hydrogen-bond acceptors (Lipinski definition) is 2. The van der Waals surface area contributed by atoms with Gasteiger partial charge in [-0.3, -0.25) is 4.79 Å². The Kier molecular flexibility index (Phi) is 4.12. The van der Waals surface area contributed by atoms with E-state index in [0.29, 0.717) is 6.04 Å². The summed E-state index contributed by atoms with van der Waals surface area (Å²) in [6, 6.07) is 8.29. The monoisotopic (exact) mass is 267 g/mol. The van der Waals surface area contributed by atoms with Crippen LogP contribution in [0.15, 0.2) is 24.3 Å². The van der Waals surface area contributed by atoms with Crippen molar-refractivity contribution in [2.24, 2.45) is 0 Å². The van der Waals surface area contributed by atoms with Crippen molar-refractivity contribution < 1.29 is 9.53 Å². The summed E-state index contributed by atoms with van der Waals surface area (Å²) in [5.74, 6) is 0.899. The van der Waals surface area contributed by atoms with Crippen LogP contribution in [0.2, 0.25) is 0 Å². The lowest BCUT2D eigenvalue weighted by atomic mass is 9.95. The zero-order chi connectivity index (χ0) is 13.1. The van der Waals surface area contributed by atoms with Crippen LogP contribution in [-0.4, -0.2) is 35.9 Å². The van der Waals surface area contributed by atoms with Gasteiger partial charge < -0.3 is 9.64 Å². The van der Waals surface area contributed by atoms with Crippen LogP contribution < -0.4 is 4.74 Å². The number of methoxy groups -OCH3 is 1. The quantitative estimate of drug-likeness (QED) is 0.785. The number of likely N-dealkylation sites (tertiary alicyclic amines) is 1. The van der Waals surface area contributed by atoms with Crippen molar-refractivity contribution in [1.82, 2.24) is 4.90 Å². The van der Waals surface area contributed by atoms with Crippen LogP contribution >= 0.6 is 11.6 Å². The molecule has 1 fully saturated rings. The predicted octanol–water partition coefficient (Wildman–Crippen LogP) is 2.47. The molecule has 1 amide bonds. The standard InChI is InChI=1S/C14H18ClNO2/c1-10(15)14(17)16-8-7-12(16)9-11-3-5-13(18-2)6-4-11/h3-6,10,12H,7-9H2,1-2H3. The van der Waals surface area contributed by atoms with Crippen LogP contribution in [0.25, 0.3) is 0 Å². The Morgan fingerprint density at radius 2 is 2.17 bits per heavy atom. The Morgan fingerprint density at radius 3 is 2.61 bits per heavy atom. The number of alkyl halides is 1. The van der Waals surface area contributed by atoms with Gasteiger partial charge in [-0.1, -0.05) is 12.1 Å². The molecule has 0 N–H and O–H groups in total. The second-order valence-electron chi connectivity index (χ2n) is 4.64. The number of carbonyl (C=O) groups excluding carboxylic acids is 1. The van der Waals surface area contributed by atoms with E-state index in [9.17, 15) is 4.79 Å². The molecule has 1 aliphatic heterocycles. The highest BCUT2D eigenvalue weighted by Crippen LogP contribution is 2.24. The third-order valence-corrected chi connectivity index (χ3v) is 3.58. The molecule has 0 saturated carbocycles. The van der Waals surface area contributed by atoms with Gasteiger partial charge in [0.15, 0.2) is 0 Å². The van der Waals surface area contributed by atoms with E-state index in [4.69, 9.17) is 16.3 Å². The highest BCUT2D eigenvalue weighted by atomic mass is 35.5. The second-order valence-corrected chi connectivity index (χ2v) is 5.30. The molecular weight excluding hydrogens is 250 g/mol. The largest absolute Gasteiger partial charge is 0.497 e. The van der Waals surface area contributed by atoms with Crippen LogP contribution in [0, 0.1) is 0 Å². The SMILES string of the molecule is COc1ccc(CC2CCN2C(=O)C(C)Cl)cc1. The third kappa shape index (κ3) is 2.78. The number of rotatable bonds is 4. The number of ether oxygens (including phenoxy) is 1. The maximum atomic E-state index is 11.8. The number of nitrogens with zero attached hydrogens (tertiary/aromatic N) is 1. The van der Waals surface area contributed by atoms with Gasteiger partial charge >= 0.3 is 0 Å². The van der Waals surface area contributed by atoms with Crippen molar-refractivity contribution in [3.05, 3.63) is 29.8 Å². The molecular formula is C14H18ClNO2. The summed E-state index contributed by atoms with van der Waals surface area (Å²) in [5.41, 5.74) is 1.22. The van der Waals surface area contributed by atoms with Crippen molar-refractivity contribution >= 4 is 17.5 Å². The molecule has 3 nitrogen and oxygen atoms in total. The molecule has 4 heteroatoms. The van der Waals surface area contributed by atoms with Gasteiger partial charge in [0.25, 0.3) is 0 Å². The van der Waals surface area contributed by atoms with Crippen LogP contribution in [0.5, 0.6) is 5.75 Å². The van der Waals surface area contributed by atoms with Crippen LogP contribution in [0.3, 0.4) is 0 Å². The number of amides is 1. The normalized spacial score (nSPS) is 20.2. The first-order chi connectivity index (χ1) is 8.61. The lowest BCUT2D eigenvalue weighted by Crippen LogP contribution is -2.54. The Hall–Kier alpha value is -1.22. The van der Waals surface area contributed by atoms with Crippen LogP contribution in [0.4, 0.5) is 0 Å². The summed E-state index contributed by atoms with van der Waals surface area (Å²) in [6.45, 7) is 2.56. The first-order valence-electron chi connectivity index (χ1n) is 6.19. The minimum Gasteiger partial charge on any atom is -0.497 e. The number of halogens is 1. The van der Waals surface area contributed by atoms with Gasteiger partial charge in [-0.25, -0.2) is 0 Å². The fraction of sp³-hybridized carbons (Fsp3) is 0.500.